The summed E-state index contributed by atoms with van der Waals surface area (Å²) in [6.07, 6.45) is 9.76. The number of hydrogen-bond acceptors (Lipinski definition) is 6. The monoisotopic (exact) mass is 818 g/mol. The minimum Gasteiger partial charge on any atom is -0.354 e. The summed E-state index contributed by atoms with van der Waals surface area (Å²) in [5.74, 6) is -2.89. The van der Waals surface area contributed by atoms with Crippen molar-refractivity contribution in [1.82, 2.24) is 31.5 Å². The SMILES string of the molecule is CCCCCCNC(=O)[C@H](CNC(=O)CCCCCC)NC(=O)c1ccc(C(=O)N2C[C@@H](C(=O)N[C@H]3C[C@@H]3c3ccccc3)[C@H](C(=O)N[C@H]3C[C@@H]3c3ccccc3)C2)cc1. The Hall–Kier alpha value is -5.52. The van der Waals surface area contributed by atoms with E-state index in [0.29, 0.717) is 18.5 Å². The molecular formula is C48H62N6O6. The zero-order valence-corrected chi connectivity index (χ0v) is 35.1. The Kier molecular flexibility index (Phi) is 15.9. The van der Waals surface area contributed by atoms with Crippen molar-refractivity contribution in [3.8, 4) is 0 Å². The Labute approximate surface area is 354 Å². The second-order valence-corrected chi connectivity index (χ2v) is 16.7. The second-order valence-electron chi connectivity index (χ2n) is 16.7. The second kappa shape index (κ2) is 21.7. The van der Waals surface area contributed by atoms with Crippen LogP contribution in [0, 0.1) is 11.8 Å². The minimum atomic E-state index is -0.988. The summed E-state index contributed by atoms with van der Waals surface area (Å²) in [7, 11) is 0. The fourth-order valence-electron chi connectivity index (χ4n) is 8.23. The van der Waals surface area contributed by atoms with Gasteiger partial charge in [0.05, 0.1) is 11.8 Å². The molecule has 0 radical (unpaired) electrons. The first-order valence-electron chi connectivity index (χ1n) is 22.1. The lowest BCUT2D eigenvalue weighted by molar-refractivity contribution is -0.133. The van der Waals surface area contributed by atoms with Gasteiger partial charge in [-0.2, -0.15) is 0 Å². The highest BCUT2D eigenvalue weighted by atomic mass is 16.2. The quantitative estimate of drug-likeness (QED) is 0.0829. The van der Waals surface area contributed by atoms with Crippen molar-refractivity contribution in [2.45, 2.75) is 114 Å². The molecule has 7 atom stereocenters. The first-order chi connectivity index (χ1) is 29.2. The van der Waals surface area contributed by atoms with Gasteiger partial charge in [0.25, 0.3) is 11.8 Å². The number of rotatable bonds is 22. The van der Waals surface area contributed by atoms with Crippen LogP contribution in [0.2, 0.25) is 0 Å². The Balaban J connectivity index is 1.08. The van der Waals surface area contributed by atoms with Gasteiger partial charge < -0.3 is 31.5 Å². The fourth-order valence-corrected chi connectivity index (χ4v) is 8.23. The Morgan fingerprint density at radius 3 is 1.67 bits per heavy atom. The van der Waals surface area contributed by atoms with E-state index < -0.39 is 23.8 Å². The molecule has 1 aliphatic heterocycles. The Bertz CT molecular complexity index is 1850. The van der Waals surface area contributed by atoms with Crippen molar-refractivity contribution in [3.05, 3.63) is 107 Å². The molecule has 320 valence electrons. The molecule has 1 heterocycles. The van der Waals surface area contributed by atoms with Gasteiger partial charge in [-0.25, -0.2) is 0 Å². The number of carbonyl (C=O) groups is 6. The molecule has 0 unspecified atom stereocenters. The molecule has 60 heavy (non-hydrogen) atoms. The molecule has 6 rings (SSSR count). The van der Waals surface area contributed by atoms with Crippen LogP contribution in [0.1, 0.15) is 128 Å². The molecule has 0 spiro atoms. The standard InChI is InChI=1S/C48H62N6O6/c1-3-5-7-15-21-43(55)50-29-42(47(59)49-26-16-8-6-4-2)53-44(56)34-22-24-35(25-23-34)48(60)54-30-38(45(57)51-40-27-36(40)32-17-11-9-12-18-32)39(31-54)46(58)52-41-28-37(41)33-19-13-10-14-20-33/h9-14,17-20,22-25,36-42H,3-8,15-16,21,26-31H2,1-2H3,(H,49,59)(H,50,55)(H,51,57)(H,52,58)(H,53,56)/t36-,37-,38-,39-,40+,41+,42+/m1/s1. The van der Waals surface area contributed by atoms with Crippen molar-refractivity contribution in [2.24, 2.45) is 11.8 Å². The van der Waals surface area contributed by atoms with Gasteiger partial charge in [-0.05, 0) is 61.1 Å². The van der Waals surface area contributed by atoms with Gasteiger partial charge in [0, 0.05) is 67.6 Å². The molecule has 3 aromatic rings. The summed E-state index contributed by atoms with van der Waals surface area (Å²) < 4.78 is 0. The Morgan fingerprint density at radius 2 is 1.13 bits per heavy atom. The van der Waals surface area contributed by atoms with Crippen LogP contribution in [0.3, 0.4) is 0 Å². The summed E-state index contributed by atoms with van der Waals surface area (Å²) in [6.45, 7) is 4.81. The van der Waals surface area contributed by atoms with Crippen LogP contribution in [0.5, 0.6) is 0 Å². The predicted octanol–water partition coefficient (Wildman–Crippen LogP) is 5.60. The molecule has 5 N–H and O–H groups in total. The van der Waals surface area contributed by atoms with E-state index in [2.05, 4.69) is 64.7 Å². The van der Waals surface area contributed by atoms with Gasteiger partial charge in [0.1, 0.15) is 6.04 Å². The van der Waals surface area contributed by atoms with E-state index in [9.17, 15) is 28.8 Å². The molecule has 3 aromatic carbocycles. The maximum absolute atomic E-state index is 14.0. The lowest BCUT2D eigenvalue weighted by Crippen LogP contribution is -2.52. The Morgan fingerprint density at radius 1 is 0.617 bits per heavy atom. The first-order valence-corrected chi connectivity index (χ1v) is 22.1. The molecule has 12 nitrogen and oxygen atoms in total. The van der Waals surface area contributed by atoms with Crippen LogP contribution < -0.4 is 26.6 Å². The van der Waals surface area contributed by atoms with E-state index in [0.717, 1.165) is 75.3 Å². The van der Waals surface area contributed by atoms with Crippen LogP contribution in [-0.4, -0.2) is 84.6 Å². The van der Waals surface area contributed by atoms with Crippen molar-refractivity contribution < 1.29 is 28.8 Å². The molecule has 0 bridgehead atoms. The van der Waals surface area contributed by atoms with Crippen LogP contribution in [0.15, 0.2) is 84.9 Å². The summed E-state index contributed by atoms with van der Waals surface area (Å²) in [4.78, 5) is 82.5. The molecule has 2 aliphatic carbocycles. The lowest BCUT2D eigenvalue weighted by atomic mass is 9.94. The summed E-state index contributed by atoms with van der Waals surface area (Å²) >= 11 is 0. The van der Waals surface area contributed by atoms with Crippen LogP contribution >= 0.6 is 0 Å². The fraction of sp³-hybridized carbons (Fsp3) is 0.500. The molecule has 6 amide bonds. The number of carbonyl (C=O) groups excluding carboxylic acids is 6. The van der Waals surface area contributed by atoms with Gasteiger partial charge in [0.15, 0.2) is 0 Å². The van der Waals surface area contributed by atoms with Gasteiger partial charge in [-0.3, -0.25) is 28.8 Å². The molecule has 3 aliphatic rings. The maximum atomic E-state index is 14.0. The summed E-state index contributed by atoms with van der Waals surface area (Å²) in [6, 6.07) is 25.2. The predicted molar refractivity (Wildman–Crippen MR) is 231 cm³/mol. The zero-order chi connectivity index (χ0) is 42.4. The lowest BCUT2D eigenvalue weighted by Gasteiger charge is -2.20. The number of hydrogen-bond donors (Lipinski definition) is 5. The van der Waals surface area contributed by atoms with Crippen molar-refractivity contribution in [1.29, 1.82) is 0 Å². The summed E-state index contributed by atoms with van der Waals surface area (Å²) in [5.41, 5.74) is 2.87. The highest BCUT2D eigenvalue weighted by Crippen LogP contribution is 2.42. The molecule has 2 saturated carbocycles. The molecule has 12 heteroatoms. The highest BCUT2D eigenvalue weighted by Gasteiger charge is 2.49. The van der Waals surface area contributed by atoms with E-state index in [1.807, 2.05) is 36.4 Å². The van der Waals surface area contributed by atoms with Crippen molar-refractivity contribution in [2.75, 3.05) is 26.2 Å². The van der Waals surface area contributed by atoms with Crippen molar-refractivity contribution >= 4 is 35.4 Å². The minimum absolute atomic E-state index is 0.0266. The van der Waals surface area contributed by atoms with Gasteiger partial charge in [-0.1, -0.05) is 113 Å². The third kappa shape index (κ3) is 12.3. The van der Waals surface area contributed by atoms with Crippen LogP contribution in [0.25, 0.3) is 0 Å². The van der Waals surface area contributed by atoms with Gasteiger partial charge in [-0.15, -0.1) is 0 Å². The van der Waals surface area contributed by atoms with Gasteiger partial charge >= 0.3 is 0 Å². The third-order valence-electron chi connectivity index (χ3n) is 12.1. The number of nitrogens with zero attached hydrogens (tertiary/aromatic N) is 1. The largest absolute Gasteiger partial charge is 0.354 e. The topological polar surface area (TPSA) is 166 Å². The third-order valence-corrected chi connectivity index (χ3v) is 12.1. The van der Waals surface area contributed by atoms with E-state index in [1.54, 1.807) is 17.0 Å². The van der Waals surface area contributed by atoms with Crippen LogP contribution in [-0.2, 0) is 19.2 Å². The average molecular weight is 819 g/mol. The van der Waals surface area contributed by atoms with Crippen LogP contribution in [0.4, 0.5) is 0 Å². The van der Waals surface area contributed by atoms with E-state index in [4.69, 9.17) is 0 Å². The number of nitrogens with one attached hydrogen (secondary N) is 5. The molecule has 1 saturated heterocycles. The van der Waals surface area contributed by atoms with E-state index in [1.165, 1.54) is 12.1 Å². The number of likely N-dealkylation sites (tertiary alicyclic amines) is 1. The molecular weight excluding hydrogens is 757 g/mol. The summed E-state index contributed by atoms with van der Waals surface area (Å²) in [5, 5.41) is 14.8. The van der Waals surface area contributed by atoms with Gasteiger partial charge in [0.2, 0.25) is 23.6 Å². The average Bonchev–Trinajstić information content (AvgIpc) is 4.18. The smallest absolute Gasteiger partial charge is 0.253 e. The highest BCUT2D eigenvalue weighted by molar-refractivity contribution is 6.00. The number of amides is 6. The molecule has 0 aromatic heterocycles. The first kappa shape index (κ1) is 44.0. The number of unbranched alkanes of at least 4 members (excludes halogenated alkanes) is 6. The zero-order valence-electron chi connectivity index (χ0n) is 35.1. The molecule has 3 fully saturated rings. The van der Waals surface area contributed by atoms with E-state index >= 15 is 0 Å². The van der Waals surface area contributed by atoms with Crippen molar-refractivity contribution in [3.63, 3.8) is 0 Å². The number of benzene rings is 3. The van der Waals surface area contributed by atoms with E-state index in [-0.39, 0.29) is 78.7 Å². The normalized spacial score (nSPS) is 21.9. The maximum Gasteiger partial charge on any atom is 0.253 e.